The first-order chi connectivity index (χ1) is 10.1. The van der Waals surface area contributed by atoms with Gasteiger partial charge in [-0.2, -0.15) is 0 Å². The third-order valence-corrected chi connectivity index (χ3v) is 3.64. The van der Waals surface area contributed by atoms with Gasteiger partial charge in [-0.15, -0.1) is 0 Å². The average Bonchev–Trinajstić information content (AvgIpc) is 2.53. The lowest BCUT2D eigenvalue weighted by Crippen LogP contribution is -2.47. The van der Waals surface area contributed by atoms with Crippen LogP contribution in [0.5, 0.6) is 0 Å². The number of carbonyl (C=O) groups is 1. The van der Waals surface area contributed by atoms with Crippen LogP contribution in [0.2, 0.25) is 0 Å². The minimum atomic E-state index is -0.379. The average molecular weight is 293 g/mol. The molecule has 21 heavy (non-hydrogen) atoms. The second-order valence-electron chi connectivity index (χ2n) is 4.93. The largest absolute Gasteiger partial charge is 0.469 e. The van der Waals surface area contributed by atoms with E-state index >= 15 is 0 Å². The molecule has 1 aliphatic rings. The number of nitro benzene ring substituents is 1. The molecule has 0 spiro atoms. The van der Waals surface area contributed by atoms with Crippen molar-refractivity contribution in [3.8, 4) is 0 Å². The molecule has 0 unspecified atom stereocenters. The van der Waals surface area contributed by atoms with E-state index in [0.717, 1.165) is 31.9 Å². The first kappa shape index (κ1) is 15.2. The van der Waals surface area contributed by atoms with Crippen molar-refractivity contribution in [2.75, 3.05) is 44.7 Å². The molecule has 1 aromatic rings. The van der Waals surface area contributed by atoms with Gasteiger partial charge in [0.25, 0.3) is 5.69 Å². The fourth-order valence-corrected chi connectivity index (χ4v) is 2.38. The summed E-state index contributed by atoms with van der Waals surface area (Å²) in [5, 5.41) is 10.8. The molecular weight excluding hydrogens is 274 g/mol. The predicted octanol–water partition coefficient (Wildman–Crippen LogP) is 1.28. The molecule has 7 nitrogen and oxygen atoms in total. The van der Waals surface area contributed by atoms with Crippen LogP contribution in [-0.2, 0) is 9.53 Å². The van der Waals surface area contributed by atoms with Crippen LogP contribution in [0.1, 0.15) is 6.42 Å². The van der Waals surface area contributed by atoms with Gasteiger partial charge in [-0.05, 0) is 6.07 Å². The SMILES string of the molecule is COC(=O)CCN1CCN(c2cccc([N+](=O)[O-])c2)CC1. The Morgan fingerprint density at radius 3 is 2.67 bits per heavy atom. The minimum absolute atomic E-state index is 0.112. The van der Waals surface area contributed by atoms with E-state index in [2.05, 4.69) is 14.5 Å². The van der Waals surface area contributed by atoms with Gasteiger partial charge in [0.05, 0.1) is 18.5 Å². The Kier molecular flexibility index (Phi) is 5.10. The van der Waals surface area contributed by atoms with Crippen LogP contribution < -0.4 is 4.90 Å². The van der Waals surface area contributed by atoms with Crippen molar-refractivity contribution in [3.63, 3.8) is 0 Å². The minimum Gasteiger partial charge on any atom is -0.469 e. The van der Waals surface area contributed by atoms with Crippen molar-refractivity contribution < 1.29 is 14.5 Å². The highest BCUT2D eigenvalue weighted by molar-refractivity contribution is 5.69. The van der Waals surface area contributed by atoms with Crippen LogP contribution in [-0.4, -0.2) is 55.6 Å². The smallest absolute Gasteiger partial charge is 0.306 e. The maximum atomic E-state index is 11.1. The van der Waals surface area contributed by atoms with Crippen LogP contribution in [0, 0.1) is 10.1 Å². The fourth-order valence-electron chi connectivity index (χ4n) is 2.38. The summed E-state index contributed by atoms with van der Waals surface area (Å²) in [4.78, 5) is 25.9. The molecule has 0 N–H and O–H groups in total. The normalized spacial score (nSPS) is 15.8. The first-order valence-electron chi connectivity index (χ1n) is 6.88. The molecule has 1 aromatic carbocycles. The zero-order valence-electron chi connectivity index (χ0n) is 12.0. The van der Waals surface area contributed by atoms with Gasteiger partial charge in [-0.1, -0.05) is 6.07 Å². The molecule has 0 bridgehead atoms. The van der Waals surface area contributed by atoms with E-state index in [1.807, 2.05) is 6.07 Å². The molecule has 114 valence electrons. The lowest BCUT2D eigenvalue weighted by molar-refractivity contribution is -0.384. The molecule has 0 radical (unpaired) electrons. The number of methoxy groups -OCH3 is 1. The number of nitro groups is 1. The first-order valence-corrected chi connectivity index (χ1v) is 6.88. The lowest BCUT2D eigenvalue weighted by atomic mass is 10.2. The van der Waals surface area contributed by atoms with E-state index in [0.29, 0.717) is 13.0 Å². The molecule has 0 amide bonds. The Hall–Kier alpha value is -2.15. The summed E-state index contributed by atoms with van der Waals surface area (Å²) < 4.78 is 4.63. The van der Waals surface area contributed by atoms with E-state index in [-0.39, 0.29) is 16.6 Å². The number of hydrogen-bond acceptors (Lipinski definition) is 6. The number of ether oxygens (including phenoxy) is 1. The molecular formula is C14H19N3O4. The zero-order valence-corrected chi connectivity index (χ0v) is 12.0. The predicted molar refractivity (Wildman–Crippen MR) is 78.4 cm³/mol. The molecule has 0 saturated carbocycles. The van der Waals surface area contributed by atoms with Gasteiger partial charge in [-0.25, -0.2) is 0 Å². The van der Waals surface area contributed by atoms with Gasteiger partial charge >= 0.3 is 5.97 Å². The van der Waals surface area contributed by atoms with Crippen LogP contribution in [0.4, 0.5) is 11.4 Å². The Labute approximate surface area is 123 Å². The molecule has 1 fully saturated rings. The number of anilines is 1. The van der Waals surface area contributed by atoms with Crippen molar-refractivity contribution in [2.24, 2.45) is 0 Å². The van der Waals surface area contributed by atoms with E-state index in [9.17, 15) is 14.9 Å². The number of rotatable bonds is 5. The number of esters is 1. The molecule has 1 heterocycles. The Balaban J connectivity index is 1.87. The molecule has 0 aromatic heterocycles. The van der Waals surface area contributed by atoms with E-state index < -0.39 is 0 Å². The molecule has 0 atom stereocenters. The van der Waals surface area contributed by atoms with Gasteiger partial charge in [0.1, 0.15) is 0 Å². The summed E-state index contributed by atoms with van der Waals surface area (Å²) in [6.45, 7) is 3.94. The number of nitrogens with zero attached hydrogens (tertiary/aromatic N) is 3. The maximum absolute atomic E-state index is 11.1. The Morgan fingerprint density at radius 1 is 1.33 bits per heavy atom. The number of carbonyl (C=O) groups excluding carboxylic acids is 1. The lowest BCUT2D eigenvalue weighted by Gasteiger charge is -2.35. The van der Waals surface area contributed by atoms with Crippen LogP contribution >= 0.6 is 0 Å². The highest BCUT2D eigenvalue weighted by Crippen LogP contribution is 2.22. The summed E-state index contributed by atoms with van der Waals surface area (Å²) in [5.41, 5.74) is 0.984. The van der Waals surface area contributed by atoms with Gasteiger partial charge in [0.15, 0.2) is 0 Å². The van der Waals surface area contributed by atoms with Gasteiger partial charge in [0.2, 0.25) is 0 Å². The van der Waals surface area contributed by atoms with Crippen molar-refractivity contribution >= 4 is 17.3 Å². The summed E-state index contributed by atoms with van der Waals surface area (Å²) in [5.74, 6) is -0.198. The van der Waals surface area contributed by atoms with E-state index in [4.69, 9.17) is 0 Å². The third kappa shape index (κ3) is 4.16. The van der Waals surface area contributed by atoms with E-state index in [1.165, 1.54) is 13.2 Å². The monoisotopic (exact) mass is 293 g/mol. The van der Waals surface area contributed by atoms with Crippen LogP contribution in [0.3, 0.4) is 0 Å². The third-order valence-electron chi connectivity index (χ3n) is 3.64. The second kappa shape index (κ2) is 7.03. The van der Waals surface area contributed by atoms with Crippen LogP contribution in [0.15, 0.2) is 24.3 Å². The molecule has 1 aliphatic heterocycles. The highest BCUT2D eigenvalue weighted by atomic mass is 16.6. The topological polar surface area (TPSA) is 75.9 Å². The fraction of sp³-hybridized carbons (Fsp3) is 0.500. The zero-order chi connectivity index (χ0) is 15.2. The molecule has 7 heteroatoms. The molecule has 2 rings (SSSR count). The van der Waals surface area contributed by atoms with Gasteiger partial charge in [0, 0.05) is 50.5 Å². The number of benzene rings is 1. The number of piperazine rings is 1. The van der Waals surface area contributed by atoms with Gasteiger partial charge in [-0.3, -0.25) is 19.8 Å². The number of non-ortho nitro benzene ring substituents is 1. The summed E-state index contributed by atoms with van der Waals surface area (Å²) >= 11 is 0. The van der Waals surface area contributed by atoms with Gasteiger partial charge < -0.3 is 9.64 Å². The summed E-state index contributed by atoms with van der Waals surface area (Å²) in [6.07, 6.45) is 0.396. The molecule has 0 aliphatic carbocycles. The summed E-state index contributed by atoms with van der Waals surface area (Å²) in [6, 6.07) is 6.69. The van der Waals surface area contributed by atoms with Crippen molar-refractivity contribution in [1.82, 2.24) is 4.90 Å². The van der Waals surface area contributed by atoms with Crippen molar-refractivity contribution in [2.45, 2.75) is 6.42 Å². The Bertz CT molecular complexity index is 513. The van der Waals surface area contributed by atoms with E-state index in [1.54, 1.807) is 12.1 Å². The quantitative estimate of drug-likeness (QED) is 0.462. The maximum Gasteiger partial charge on any atom is 0.306 e. The van der Waals surface area contributed by atoms with Crippen molar-refractivity contribution in [1.29, 1.82) is 0 Å². The number of hydrogen-bond donors (Lipinski definition) is 0. The second-order valence-corrected chi connectivity index (χ2v) is 4.93. The summed E-state index contributed by atoms with van der Waals surface area (Å²) in [7, 11) is 1.39. The molecule has 1 saturated heterocycles. The standard InChI is InChI=1S/C14H19N3O4/c1-21-14(18)5-6-15-7-9-16(10-8-15)12-3-2-4-13(11-12)17(19)20/h2-4,11H,5-10H2,1H3. The Morgan fingerprint density at radius 2 is 2.05 bits per heavy atom. The van der Waals surface area contributed by atoms with Crippen molar-refractivity contribution in [3.05, 3.63) is 34.4 Å². The highest BCUT2D eigenvalue weighted by Gasteiger charge is 2.19. The van der Waals surface area contributed by atoms with Crippen LogP contribution in [0.25, 0.3) is 0 Å².